The third-order valence-electron chi connectivity index (χ3n) is 11.5. The van der Waals surface area contributed by atoms with E-state index in [0.717, 1.165) is 83.9 Å². The van der Waals surface area contributed by atoms with Crippen molar-refractivity contribution in [1.29, 1.82) is 0 Å². The van der Waals surface area contributed by atoms with Crippen LogP contribution < -0.4 is 9.47 Å². The van der Waals surface area contributed by atoms with Crippen LogP contribution in [-0.2, 0) is 25.5 Å². The molecule has 11 aromatic rings. The summed E-state index contributed by atoms with van der Waals surface area (Å²) in [5.74, 6) is 1.85. The maximum Gasteiger partial charge on any atom is 0.143 e. The quantitative estimate of drug-likeness (QED) is 0.140. The van der Waals surface area contributed by atoms with Crippen LogP contribution in [0.2, 0.25) is 0 Å². The number of hydrogen-bond acceptors (Lipinski definition) is 9. The van der Waals surface area contributed by atoms with Crippen LogP contribution in [0, 0.1) is 17.5 Å². The Kier molecular flexibility index (Phi) is 14.7. The summed E-state index contributed by atoms with van der Waals surface area (Å²) in [5, 5.41) is 41.6. The fraction of sp³-hybridized carbons (Fsp3) is 0.241. The van der Waals surface area contributed by atoms with Gasteiger partial charge in [-0.1, -0.05) is 135 Å². The molecular weight excluding hydrogens is 1060 g/mol. The summed E-state index contributed by atoms with van der Waals surface area (Å²) < 4.78 is 11.8. The second-order valence-electron chi connectivity index (χ2n) is 19.7. The largest absolute Gasteiger partial charge is 0.548 e. The van der Waals surface area contributed by atoms with Gasteiger partial charge in [0.1, 0.15) is 44.5 Å². The van der Waals surface area contributed by atoms with Gasteiger partial charge in [0.15, 0.2) is 0 Å². The van der Waals surface area contributed by atoms with Crippen molar-refractivity contribution in [1.82, 2.24) is 45.0 Å². The molecule has 3 heterocycles. The van der Waals surface area contributed by atoms with E-state index in [0.29, 0.717) is 5.69 Å². The fourth-order valence-electron chi connectivity index (χ4n) is 8.84. The molecule has 0 saturated carbocycles. The molecule has 363 valence electrons. The molecule has 0 saturated heterocycles. The van der Waals surface area contributed by atoms with Gasteiger partial charge in [0.05, 0.1) is 12.2 Å². The molecule has 0 aliphatic carbocycles. The molecule has 0 aliphatic rings. The van der Waals surface area contributed by atoms with Gasteiger partial charge in [-0.05, 0) is 110 Å². The number of fused-ring (bicyclic) bond motifs is 5. The molecule has 0 amide bonds. The van der Waals surface area contributed by atoms with Gasteiger partial charge in [0.25, 0.3) is 0 Å². The number of phenols is 1. The molecule has 0 aliphatic heterocycles. The van der Waals surface area contributed by atoms with Gasteiger partial charge >= 0.3 is 0 Å². The minimum Gasteiger partial charge on any atom is -0.548 e. The molecule has 71 heavy (non-hydrogen) atoms. The fourth-order valence-corrected chi connectivity index (χ4v) is 8.84. The van der Waals surface area contributed by atoms with Crippen LogP contribution in [0.5, 0.6) is 17.2 Å². The Hall–Kier alpha value is -7.47. The molecule has 0 unspecified atom stereocenters. The Labute approximate surface area is 427 Å². The first-order valence-electron chi connectivity index (χ1n) is 23.6. The minimum atomic E-state index is -0.00667. The minimum absolute atomic E-state index is 0. The number of hydrogen-bond donors (Lipinski definition) is 1. The number of aromatic hydroxyl groups is 1. The standard InChI is InChI=1S/C20H25N3O.2C19H16N3O.Ir/c1-19(2,3)13-20(4,5)14-10-11-18(24)17(12-14)23-21-15-8-6-7-9-16(15)22-23;2*1-13(2)23-19-12-11-18(14-7-3-4-8-15(14)19)22-20-16-9-5-6-10-17(16)21-22;/h6-12,24H,13H2,1-5H3;2*3-10,12-13H,1-2H3;/q;2*-1;. The molecule has 12 nitrogen and oxygen atoms in total. The smallest absolute Gasteiger partial charge is 0.143 e. The van der Waals surface area contributed by atoms with Crippen LogP contribution in [0.15, 0.2) is 152 Å². The number of nitrogens with zero attached hydrogens (tertiary/aromatic N) is 9. The SMILES string of the molecule is CC(C)(C)CC(C)(C)c1ccc(O)c(-n2nc3ccccc3n2)c1.CC(C)Oc1c[c-]c(-n2nc3ccccc3n2)c2ccccc12.CC(C)Oc1c[c-]c(-n2nc3ccccc3n2)c2ccccc12.[Ir]. The van der Waals surface area contributed by atoms with Crippen molar-refractivity contribution in [2.75, 3.05) is 0 Å². The third kappa shape index (κ3) is 11.3. The van der Waals surface area contributed by atoms with Crippen molar-refractivity contribution in [3.63, 3.8) is 0 Å². The van der Waals surface area contributed by atoms with Gasteiger partial charge in [-0.2, -0.15) is 42.1 Å². The van der Waals surface area contributed by atoms with E-state index in [1.165, 1.54) is 10.4 Å². The summed E-state index contributed by atoms with van der Waals surface area (Å²) in [6.07, 6.45) is 1.27. The second kappa shape index (κ2) is 20.9. The first kappa shape index (κ1) is 49.9. The van der Waals surface area contributed by atoms with Crippen LogP contribution in [0.25, 0.3) is 71.7 Å². The predicted octanol–water partition coefficient (Wildman–Crippen LogP) is 13.2. The van der Waals surface area contributed by atoms with E-state index in [4.69, 9.17) is 9.47 Å². The Morgan fingerprint density at radius 3 is 1.17 bits per heavy atom. The number of benzene rings is 8. The van der Waals surface area contributed by atoms with Gasteiger partial charge in [-0.3, -0.25) is 0 Å². The molecule has 11 rings (SSSR count). The number of rotatable bonds is 9. The van der Waals surface area contributed by atoms with Gasteiger partial charge < -0.3 is 14.6 Å². The van der Waals surface area contributed by atoms with E-state index in [9.17, 15) is 5.11 Å². The van der Waals surface area contributed by atoms with E-state index in [1.807, 2.05) is 173 Å². The first-order valence-corrected chi connectivity index (χ1v) is 23.6. The summed E-state index contributed by atoms with van der Waals surface area (Å²) in [6, 6.07) is 55.6. The zero-order chi connectivity index (χ0) is 49.2. The van der Waals surface area contributed by atoms with Crippen LogP contribution in [0.1, 0.15) is 74.3 Å². The molecule has 13 heteroatoms. The van der Waals surface area contributed by atoms with Crippen molar-refractivity contribution in [2.24, 2.45) is 5.41 Å². The normalized spacial score (nSPS) is 11.7. The van der Waals surface area contributed by atoms with Crippen LogP contribution in [0.4, 0.5) is 0 Å². The van der Waals surface area contributed by atoms with E-state index in [-0.39, 0.29) is 48.9 Å². The molecule has 0 fully saturated rings. The zero-order valence-corrected chi connectivity index (χ0v) is 43.8. The average Bonchev–Trinajstić information content (AvgIpc) is 4.09. The van der Waals surface area contributed by atoms with Crippen LogP contribution in [0.3, 0.4) is 0 Å². The Bertz CT molecular complexity index is 3340. The van der Waals surface area contributed by atoms with Crippen molar-refractivity contribution in [3.8, 4) is 34.3 Å². The van der Waals surface area contributed by atoms with E-state index in [2.05, 4.69) is 77.3 Å². The Morgan fingerprint density at radius 1 is 0.479 bits per heavy atom. The van der Waals surface area contributed by atoms with E-state index >= 15 is 0 Å². The van der Waals surface area contributed by atoms with Crippen LogP contribution >= 0.6 is 0 Å². The molecule has 3 aromatic heterocycles. The van der Waals surface area contributed by atoms with Gasteiger partial charge in [0, 0.05) is 31.6 Å². The van der Waals surface area contributed by atoms with E-state index < -0.39 is 0 Å². The van der Waals surface area contributed by atoms with Crippen molar-refractivity contribution < 1.29 is 34.7 Å². The molecule has 0 atom stereocenters. The second-order valence-corrected chi connectivity index (χ2v) is 19.7. The molecular formula is C58H57IrN9O3-2. The predicted molar refractivity (Wildman–Crippen MR) is 280 cm³/mol. The number of phenolic OH excluding ortho intramolecular Hbond substituents is 1. The summed E-state index contributed by atoms with van der Waals surface area (Å²) in [4.78, 5) is 4.81. The monoisotopic (exact) mass is 1120 g/mol. The zero-order valence-electron chi connectivity index (χ0n) is 41.4. The van der Waals surface area contributed by atoms with Crippen molar-refractivity contribution >= 4 is 54.6 Å². The molecule has 0 spiro atoms. The van der Waals surface area contributed by atoms with Crippen molar-refractivity contribution in [2.45, 2.75) is 86.4 Å². The Morgan fingerprint density at radius 2 is 0.817 bits per heavy atom. The van der Waals surface area contributed by atoms with Gasteiger partial charge in [0.2, 0.25) is 0 Å². The summed E-state index contributed by atoms with van der Waals surface area (Å²) in [6.45, 7) is 19.3. The molecule has 1 N–H and O–H groups in total. The Balaban J connectivity index is 0.000000142. The molecule has 0 bridgehead atoms. The number of aromatic nitrogens is 9. The topological polar surface area (TPSA) is 131 Å². The third-order valence-corrected chi connectivity index (χ3v) is 11.5. The summed E-state index contributed by atoms with van der Waals surface area (Å²) in [5.41, 5.74) is 8.76. The maximum absolute atomic E-state index is 10.3. The molecule has 8 aromatic carbocycles. The van der Waals surface area contributed by atoms with Gasteiger partial charge in [-0.25, -0.2) is 0 Å². The average molecular weight is 1120 g/mol. The van der Waals surface area contributed by atoms with Gasteiger partial charge in [-0.15, -0.1) is 39.3 Å². The maximum atomic E-state index is 10.3. The summed E-state index contributed by atoms with van der Waals surface area (Å²) >= 11 is 0. The first-order chi connectivity index (χ1) is 33.6. The summed E-state index contributed by atoms with van der Waals surface area (Å²) in [7, 11) is 0. The number of ether oxygens (including phenoxy) is 2. The van der Waals surface area contributed by atoms with Crippen LogP contribution in [-0.4, -0.2) is 62.3 Å². The van der Waals surface area contributed by atoms with Crippen molar-refractivity contribution in [3.05, 3.63) is 169 Å². The van der Waals surface area contributed by atoms with E-state index in [1.54, 1.807) is 15.7 Å². The molecule has 1 radical (unpaired) electrons.